The molecule has 1 atom stereocenters. The van der Waals surface area contributed by atoms with E-state index < -0.39 is 17.3 Å². The van der Waals surface area contributed by atoms with Crippen LogP contribution >= 0.6 is 0 Å². The summed E-state index contributed by atoms with van der Waals surface area (Å²) in [6.45, 7) is 0. The van der Waals surface area contributed by atoms with Gasteiger partial charge in [-0.1, -0.05) is 6.07 Å². The molecule has 9 nitrogen and oxygen atoms in total. The number of nitrogens with zero attached hydrogens (tertiary/aromatic N) is 1. The molecule has 2 heterocycles. The van der Waals surface area contributed by atoms with Crippen LogP contribution in [0.2, 0.25) is 0 Å². The molecule has 0 radical (unpaired) electrons. The van der Waals surface area contributed by atoms with Crippen molar-refractivity contribution < 1.29 is 13.9 Å². The van der Waals surface area contributed by atoms with E-state index in [4.69, 9.17) is 13.9 Å². The van der Waals surface area contributed by atoms with Gasteiger partial charge in [0.05, 0.1) is 20.5 Å². The molecule has 3 aromatic rings. The molecule has 0 saturated carbocycles. The molecular weight excluding hydrogens is 328 g/mol. The van der Waals surface area contributed by atoms with Crippen LogP contribution in [0.25, 0.3) is 0 Å². The van der Waals surface area contributed by atoms with Gasteiger partial charge in [0.2, 0.25) is 5.82 Å². The van der Waals surface area contributed by atoms with Crippen molar-refractivity contribution in [1.29, 1.82) is 0 Å². The Bertz CT molecular complexity index is 961. The molecule has 2 aromatic heterocycles. The average molecular weight is 344 g/mol. The summed E-state index contributed by atoms with van der Waals surface area (Å²) < 4.78 is 16.0. The van der Waals surface area contributed by atoms with Crippen molar-refractivity contribution >= 4 is 5.82 Å². The molecule has 1 unspecified atom stereocenters. The Hall–Kier alpha value is -3.49. The van der Waals surface area contributed by atoms with Crippen molar-refractivity contribution in [3.8, 4) is 11.5 Å². The molecule has 0 aliphatic carbocycles. The number of H-pyrrole nitrogens is 2. The number of hydrogen-bond donors (Lipinski definition) is 3. The van der Waals surface area contributed by atoms with Crippen molar-refractivity contribution in [3.63, 3.8) is 0 Å². The van der Waals surface area contributed by atoms with Crippen LogP contribution < -0.4 is 26.0 Å². The second-order valence-electron chi connectivity index (χ2n) is 5.06. The van der Waals surface area contributed by atoms with E-state index in [1.54, 1.807) is 37.4 Å². The molecule has 3 rings (SSSR count). The van der Waals surface area contributed by atoms with Crippen molar-refractivity contribution in [2.75, 3.05) is 19.5 Å². The van der Waals surface area contributed by atoms with Gasteiger partial charge in [0.25, 0.3) is 5.56 Å². The summed E-state index contributed by atoms with van der Waals surface area (Å²) in [5, 5.41) is 8.89. The summed E-state index contributed by atoms with van der Waals surface area (Å²) in [5.74, 6) is 1.61. The fourth-order valence-corrected chi connectivity index (χ4v) is 2.39. The number of ether oxygens (including phenoxy) is 2. The zero-order chi connectivity index (χ0) is 17.8. The van der Waals surface area contributed by atoms with E-state index in [-0.39, 0.29) is 5.82 Å². The number of aromatic amines is 2. The lowest BCUT2D eigenvalue weighted by molar-refractivity contribution is 0.354. The normalized spacial score (nSPS) is 11.8. The van der Waals surface area contributed by atoms with Gasteiger partial charge in [0.1, 0.15) is 11.8 Å². The summed E-state index contributed by atoms with van der Waals surface area (Å²) in [6, 6.07) is 8.27. The van der Waals surface area contributed by atoms with Crippen molar-refractivity contribution in [2.45, 2.75) is 6.04 Å². The topological polar surface area (TPSA) is 122 Å². The van der Waals surface area contributed by atoms with Crippen molar-refractivity contribution in [2.24, 2.45) is 0 Å². The Balaban J connectivity index is 2.04. The summed E-state index contributed by atoms with van der Waals surface area (Å²) in [4.78, 5) is 25.2. The predicted molar refractivity (Wildman–Crippen MR) is 89.2 cm³/mol. The van der Waals surface area contributed by atoms with Crippen LogP contribution in [-0.4, -0.2) is 29.4 Å². The molecule has 0 aliphatic heterocycles. The molecular formula is C16H16N4O5. The zero-order valence-corrected chi connectivity index (χ0v) is 13.5. The van der Waals surface area contributed by atoms with E-state index in [0.29, 0.717) is 17.3 Å². The SMILES string of the molecule is COc1ccc(C(Nc2n[nH]c(=O)[nH]c2=O)c2ccco2)cc1OC. The van der Waals surface area contributed by atoms with Crippen molar-refractivity contribution in [3.05, 3.63) is 68.8 Å². The Kier molecular flexibility index (Phi) is 4.55. The van der Waals surface area contributed by atoms with Crippen LogP contribution in [-0.2, 0) is 0 Å². The third-order valence-corrected chi connectivity index (χ3v) is 3.56. The molecule has 0 saturated heterocycles. The highest BCUT2D eigenvalue weighted by atomic mass is 16.5. The van der Waals surface area contributed by atoms with E-state index >= 15 is 0 Å². The van der Waals surface area contributed by atoms with Gasteiger partial charge in [0.15, 0.2) is 11.5 Å². The number of benzene rings is 1. The summed E-state index contributed by atoms with van der Waals surface area (Å²) in [5.41, 5.74) is -0.572. The number of nitrogens with one attached hydrogen (secondary N) is 3. The first-order chi connectivity index (χ1) is 12.1. The second kappa shape index (κ2) is 6.95. The Labute approximate surface area is 141 Å². The van der Waals surface area contributed by atoms with Gasteiger partial charge in [-0.15, -0.1) is 5.10 Å². The molecule has 0 bridgehead atoms. The van der Waals surface area contributed by atoms with Gasteiger partial charge in [-0.3, -0.25) is 9.78 Å². The zero-order valence-electron chi connectivity index (χ0n) is 13.5. The van der Waals surface area contributed by atoms with Crippen LogP contribution in [0.5, 0.6) is 11.5 Å². The minimum absolute atomic E-state index is 0.0456. The summed E-state index contributed by atoms with van der Waals surface area (Å²) >= 11 is 0. The number of methoxy groups -OCH3 is 2. The average Bonchev–Trinajstić information content (AvgIpc) is 3.15. The fraction of sp³-hybridized carbons (Fsp3) is 0.188. The Morgan fingerprint density at radius 1 is 1.16 bits per heavy atom. The maximum atomic E-state index is 11.9. The van der Waals surface area contributed by atoms with Gasteiger partial charge in [-0.05, 0) is 29.8 Å². The van der Waals surface area contributed by atoms with Crippen LogP contribution in [0.1, 0.15) is 17.4 Å². The maximum Gasteiger partial charge on any atom is 0.342 e. The lowest BCUT2D eigenvalue weighted by Gasteiger charge is -2.18. The van der Waals surface area contributed by atoms with E-state index in [9.17, 15) is 9.59 Å². The van der Waals surface area contributed by atoms with E-state index in [2.05, 4.69) is 20.5 Å². The predicted octanol–water partition coefficient (Wildman–Crippen LogP) is 1.27. The Morgan fingerprint density at radius 2 is 1.96 bits per heavy atom. The molecule has 130 valence electrons. The highest BCUT2D eigenvalue weighted by Crippen LogP contribution is 2.33. The highest BCUT2D eigenvalue weighted by molar-refractivity contribution is 5.48. The molecule has 3 N–H and O–H groups in total. The molecule has 0 amide bonds. The van der Waals surface area contributed by atoms with Gasteiger partial charge < -0.3 is 19.2 Å². The smallest absolute Gasteiger partial charge is 0.342 e. The molecule has 1 aromatic carbocycles. The monoisotopic (exact) mass is 344 g/mol. The van der Waals surface area contributed by atoms with E-state index in [1.807, 2.05) is 0 Å². The number of anilines is 1. The maximum absolute atomic E-state index is 11.9. The number of hydrogen-bond acceptors (Lipinski definition) is 7. The first-order valence-corrected chi connectivity index (χ1v) is 7.33. The first-order valence-electron chi connectivity index (χ1n) is 7.33. The largest absolute Gasteiger partial charge is 0.493 e. The molecule has 0 aliphatic rings. The van der Waals surface area contributed by atoms with Gasteiger partial charge >= 0.3 is 5.69 Å². The Morgan fingerprint density at radius 3 is 2.60 bits per heavy atom. The highest BCUT2D eigenvalue weighted by Gasteiger charge is 2.21. The summed E-state index contributed by atoms with van der Waals surface area (Å²) in [7, 11) is 3.08. The minimum Gasteiger partial charge on any atom is -0.493 e. The minimum atomic E-state index is -0.684. The molecule has 25 heavy (non-hydrogen) atoms. The van der Waals surface area contributed by atoms with Gasteiger partial charge in [0, 0.05) is 0 Å². The van der Waals surface area contributed by atoms with Gasteiger partial charge in [-0.25, -0.2) is 9.89 Å². The van der Waals surface area contributed by atoms with Crippen LogP contribution in [0.15, 0.2) is 50.6 Å². The molecule has 0 fully saturated rings. The quantitative estimate of drug-likeness (QED) is 0.615. The number of aromatic nitrogens is 3. The number of rotatable bonds is 6. The van der Waals surface area contributed by atoms with E-state index in [0.717, 1.165) is 5.56 Å². The van der Waals surface area contributed by atoms with Crippen LogP contribution in [0.3, 0.4) is 0 Å². The molecule has 0 spiro atoms. The third-order valence-electron chi connectivity index (χ3n) is 3.56. The standard InChI is InChI=1S/C16H16N4O5/c1-23-10-6-5-9(8-12(10)24-2)13(11-4-3-7-25-11)17-14-15(21)18-16(22)20-19-14/h3-8,13H,1-2H3,(H,17,19)(H2,18,20,21,22). The van der Waals surface area contributed by atoms with E-state index in [1.165, 1.54) is 13.4 Å². The summed E-state index contributed by atoms with van der Waals surface area (Å²) in [6.07, 6.45) is 1.52. The van der Waals surface area contributed by atoms with Crippen LogP contribution in [0, 0.1) is 0 Å². The first kappa shape index (κ1) is 16.4. The second-order valence-corrected chi connectivity index (χ2v) is 5.06. The van der Waals surface area contributed by atoms with Gasteiger partial charge in [-0.2, -0.15) is 0 Å². The number of furan rings is 1. The lowest BCUT2D eigenvalue weighted by atomic mass is 10.0. The fourth-order valence-electron chi connectivity index (χ4n) is 2.39. The lowest BCUT2D eigenvalue weighted by Crippen LogP contribution is -2.28. The third kappa shape index (κ3) is 3.39. The molecule has 9 heteroatoms. The van der Waals surface area contributed by atoms with Crippen molar-refractivity contribution in [1.82, 2.24) is 15.2 Å². The van der Waals surface area contributed by atoms with Crippen LogP contribution in [0.4, 0.5) is 5.82 Å².